The molecule has 66 valence electrons. The van der Waals surface area contributed by atoms with Gasteiger partial charge in [0.2, 0.25) is 0 Å². The smallest absolute Gasteiger partial charge is 0.0282 e. The molecule has 0 unspecified atom stereocenters. The van der Waals surface area contributed by atoms with E-state index in [0.717, 1.165) is 0 Å². The molecule has 0 saturated heterocycles. The Hall–Kier alpha value is -0.560. The second-order valence-electron chi connectivity index (χ2n) is 3.89. The number of allylic oxidation sites excluding steroid dienone is 8. The Labute approximate surface area is 86.8 Å². The van der Waals surface area contributed by atoms with E-state index >= 15 is 0 Å². The summed E-state index contributed by atoms with van der Waals surface area (Å²) < 4.78 is 1.37. The van der Waals surface area contributed by atoms with E-state index in [1.807, 2.05) is 0 Å². The van der Waals surface area contributed by atoms with Gasteiger partial charge in [0.05, 0.1) is 0 Å². The lowest BCUT2D eigenvalue weighted by Crippen LogP contribution is -1.98. The molecule has 0 heterocycles. The summed E-state index contributed by atoms with van der Waals surface area (Å²) in [7, 11) is 0. The third-order valence-electron chi connectivity index (χ3n) is 3.14. The molecular formula is C12H11Br. The van der Waals surface area contributed by atoms with Gasteiger partial charge >= 0.3 is 0 Å². The van der Waals surface area contributed by atoms with Gasteiger partial charge in [-0.2, -0.15) is 0 Å². The minimum absolute atomic E-state index is 1.20. The van der Waals surface area contributed by atoms with Crippen LogP contribution >= 0.6 is 15.9 Å². The predicted octanol–water partition coefficient (Wildman–Crippen LogP) is 4.02. The van der Waals surface area contributed by atoms with Crippen LogP contribution in [0.4, 0.5) is 0 Å². The van der Waals surface area contributed by atoms with Crippen LogP contribution in [0.25, 0.3) is 0 Å². The zero-order chi connectivity index (χ0) is 8.84. The molecule has 0 spiro atoms. The third kappa shape index (κ3) is 1.03. The summed E-state index contributed by atoms with van der Waals surface area (Å²) in [6.45, 7) is 0. The van der Waals surface area contributed by atoms with E-state index in [0.29, 0.717) is 0 Å². The SMILES string of the molecule is BrC1=C2C=CC=C2CC2=C1CCC2. The van der Waals surface area contributed by atoms with Crippen LogP contribution in [0.15, 0.2) is 45.0 Å². The van der Waals surface area contributed by atoms with Gasteiger partial charge in [0, 0.05) is 4.48 Å². The molecule has 0 radical (unpaired) electrons. The zero-order valence-corrected chi connectivity index (χ0v) is 9.02. The monoisotopic (exact) mass is 234 g/mol. The molecule has 0 atom stereocenters. The van der Waals surface area contributed by atoms with Crippen LogP contribution in [0.5, 0.6) is 0 Å². The van der Waals surface area contributed by atoms with Gasteiger partial charge < -0.3 is 0 Å². The third-order valence-corrected chi connectivity index (χ3v) is 4.05. The van der Waals surface area contributed by atoms with Crippen molar-refractivity contribution in [3.63, 3.8) is 0 Å². The van der Waals surface area contributed by atoms with Crippen molar-refractivity contribution in [3.05, 3.63) is 45.0 Å². The summed E-state index contributed by atoms with van der Waals surface area (Å²) in [6, 6.07) is 0. The van der Waals surface area contributed by atoms with Crippen LogP contribution < -0.4 is 0 Å². The van der Waals surface area contributed by atoms with Gasteiger partial charge in [-0.25, -0.2) is 0 Å². The number of halogens is 1. The Kier molecular flexibility index (Phi) is 1.63. The molecule has 3 aliphatic rings. The molecule has 13 heavy (non-hydrogen) atoms. The molecule has 0 aromatic carbocycles. The molecule has 0 aromatic heterocycles. The molecule has 0 amide bonds. The summed E-state index contributed by atoms with van der Waals surface area (Å²) >= 11 is 3.73. The van der Waals surface area contributed by atoms with E-state index in [1.165, 1.54) is 41.3 Å². The first-order valence-corrected chi connectivity index (χ1v) is 5.64. The number of fused-ring (bicyclic) bond motifs is 1. The van der Waals surface area contributed by atoms with Gasteiger partial charge in [0.25, 0.3) is 0 Å². The van der Waals surface area contributed by atoms with E-state index in [-0.39, 0.29) is 0 Å². The summed E-state index contributed by atoms with van der Waals surface area (Å²) in [5, 5.41) is 0. The van der Waals surface area contributed by atoms with Crippen LogP contribution in [0.2, 0.25) is 0 Å². The van der Waals surface area contributed by atoms with Crippen LogP contribution in [0, 0.1) is 0 Å². The molecule has 0 nitrogen and oxygen atoms in total. The quantitative estimate of drug-likeness (QED) is 0.595. The Balaban J connectivity index is 2.16. The van der Waals surface area contributed by atoms with E-state index in [4.69, 9.17) is 0 Å². The summed E-state index contributed by atoms with van der Waals surface area (Å²) in [6.07, 6.45) is 11.8. The summed E-state index contributed by atoms with van der Waals surface area (Å²) in [5.41, 5.74) is 6.21. The highest BCUT2D eigenvalue weighted by Crippen LogP contribution is 2.46. The first-order chi connectivity index (χ1) is 6.36. The van der Waals surface area contributed by atoms with Crippen molar-refractivity contribution in [3.8, 4) is 0 Å². The Morgan fingerprint density at radius 1 is 1.23 bits per heavy atom. The van der Waals surface area contributed by atoms with Crippen LogP contribution in [-0.2, 0) is 0 Å². The number of rotatable bonds is 0. The first kappa shape index (κ1) is 7.81. The largest absolute Gasteiger partial charge is 0.0614 e. The Morgan fingerprint density at radius 2 is 2.15 bits per heavy atom. The van der Waals surface area contributed by atoms with Crippen molar-refractivity contribution in [2.75, 3.05) is 0 Å². The topological polar surface area (TPSA) is 0 Å². The molecule has 3 aliphatic carbocycles. The predicted molar refractivity (Wildman–Crippen MR) is 58.7 cm³/mol. The zero-order valence-electron chi connectivity index (χ0n) is 7.44. The molecule has 0 N–H and O–H groups in total. The minimum atomic E-state index is 1.20. The van der Waals surface area contributed by atoms with Gasteiger partial charge in [-0.1, -0.05) is 23.8 Å². The highest BCUT2D eigenvalue weighted by molar-refractivity contribution is 9.12. The molecule has 0 bridgehead atoms. The minimum Gasteiger partial charge on any atom is -0.0614 e. The maximum absolute atomic E-state index is 3.73. The fourth-order valence-electron chi connectivity index (χ4n) is 2.48. The van der Waals surface area contributed by atoms with Gasteiger partial charge in [-0.3, -0.25) is 0 Å². The number of hydrogen-bond acceptors (Lipinski definition) is 0. The van der Waals surface area contributed by atoms with Gasteiger partial charge in [0.15, 0.2) is 0 Å². The molecule has 0 saturated carbocycles. The highest BCUT2D eigenvalue weighted by atomic mass is 79.9. The Morgan fingerprint density at radius 3 is 3.08 bits per heavy atom. The van der Waals surface area contributed by atoms with Crippen molar-refractivity contribution in [2.45, 2.75) is 25.7 Å². The molecule has 3 rings (SSSR count). The highest BCUT2D eigenvalue weighted by Gasteiger charge is 2.26. The molecule has 0 fully saturated rings. The molecular weight excluding hydrogens is 224 g/mol. The second-order valence-corrected chi connectivity index (χ2v) is 4.68. The van der Waals surface area contributed by atoms with Crippen molar-refractivity contribution in [1.29, 1.82) is 0 Å². The van der Waals surface area contributed by atoms with Crippen molar-refractivity contribution in [2.24, 2.45) is 0 Å². The van der Waals surface area contributed by atoms with Crippen molar-refractivity contribution < 1.29 is 0 Å². The lowest BCUT2D eigenvalue weighted by Gasteiger charge is -2.18. The fraction of sp³-hybridized carbons (Fsp3) is 0.333. The lowest BCUT2D eigenvalue weighted by molar-refractivity contribution is 0.886. The van der Waals surface area contributed by atoms with Crippen molar-refractivity contribution in [1.82, 2.24) is 0 Å². The van der Waals surface area contributed by atoms with Crippen LogP contribution in [-0.4, -0.2) is 0 Å². The van der Waals surface area contributed by atoms with E-state index in [9.17, 15) is 0 Å². The lowest BCUT2D eigenvalue weighted by atomic mass is 9.91. The van der Waals surface area contributed by atoms with Crippen LogP contribution in [0.3, 0.4) is 0 Å². The fourth-order valence-corrected chi connectivity index (χ4v) is 3.35. The average Bonchev–Trinajstić information content (AvgIpc) is 2.71. The van der Waals surface area contributed by atoms with E-state index < -0.39 is 0 Å². The number of hydrogen-bond donors (Lipinski definition) is 0. The molecule has 0 aromatic rings. The van der Waals surface area contributed by atoms with E-state index in [1.54, 1.807) is 11.1 Å². The van der Waals surface area contributed by atoms with E-state index in [2.05, 4.69) is 34.2 Å². The summed E-state index contributed by atoms with van der Waals surface area (Å²) in [5.74, 6) is 0. The average molecular weight is 235 g/mol. The Bertz CT molecular complexity index is 391. The molecule has 0 aliphatic heterocycles. The van der Waals surface area contributed by atoms with Gasteiger partial charge in [-0.05, 0) is 58.3 Å². The van der Waals surface area contributed by atoms with Gasteiger partial charge in [-0.15, -0.1) is 0 Å². The summed E-state index contributed by atoms with van der Waals surface area (Å²) in [4.78, 5) is 0. The standard InChI is InChI=1S/C12H11Br/c13-12-10-5-1-3-8(10)7-9-4-2-6-11(9)12/h1,3,5H,2,4,6-7H2. The van der Waals surface area contributed by atoms with Gasteiger partial charge in [0.1, 0.15) is 0 Å². The van der Waals surface area contributed by atoms with Crippen LogP contribution in [0.1, 0.15) is 25.7 Å². The maximum Gasteiger partial charge on any atom is 0.0282 e. The maximum atomic E-state index is 3.73. The first-order valence-electron chi connectivity index (χ1n) is 4.85. The second kappa shape index (κ2) is 2.71. The normalized spacial score (nSPS) is 25.2. The van der Waals surface area contributed by atoms with Crippen molar-refractivity contribution >= 4 is 15.9 Å². The molecule has 1 heteroatoms.